The topological polar surface area (TPSA) is 45.0 Å². The summed E-state index contributed by atoms with van der Waals surface area (Å²) in [5, 5.41) is 20.9. The molecule has 0 aliphatic carbocycles. The van der Waals surface area contributed by atoms with Crippen molar-refractivity contribution >= 4 is 34.3 Å². The molecule has 0 spiro atoms. The van der Waals surface area contributed by atoms with Crippen molar-refractivity contribution < 1.29 is 5.11 Å². The van der Waals surface area contributed by atoms with E-state index in [1.54, 1.807) is 6.07 Å². The van der Waals surface area contributed by atoms with Gasteiger partial charge in [-0.1, -0.05) is 72.3 Å². The number of aromatic hydroxyl groups is 1. The Kier molecular flexibility index (Phi) is 4.98. The molecule has 3 nitrogen and oxygen atoms in total. The lowest BCUT2D eigenvalue weighted by molar-refractivity contribution is 0.475. The number of hydrogen-bond acceptors (Lipinski definition) is 3. The molecule has 0 radical (unpaired) electrons. The predicted molar refractivity (Wildman–Crippen MR) is 116 cm³/mol. The van der Waals surface area contributed by atoms with Gasteiger partial charge < -0.3 is 5.11 Å². The predicted octanol–water partition coefficient (Wildman–Crippen LogP) is 7.44. The zero-order valence-corrected chi connectivity index (χ0v) is 15.6. The number of azo groups is 1. The molecule has 4 rings (SSSR count). The molecule has 0 fully saturated rings. The van der Waals surface area contributed by atoms with E-state index in [0.29, 0.717) is 0 Å². The van der Waals surface area contributed by atoms with E-state index in [2.05, 4.69) is 10.2 Å². The van der Waals surface area contributed by atoms with Gasteiger partial charge in [0.05, 0.1) is 11.4 Å². The van der Waals surface area contributed by atoms with Gasteiger partial charge in [0.25, 0.3) is 0 Å². The van der Waals surface area contributed by atoms with Crippen LogP contribution < -0.4 is 0 Å². The maximum atomic E-state index is 10.2. The lowest BCUT2D eigenvalue weighted by Gasteiger charge is -2.05. The van der Waals surface area contributed by atoms with Crippen LogP contribution in [0.4, 0.5) is 11.4 Å². The van der Waals surface area contributed by atoms with Crippen LogP contribution in [0, 0.1) is 6.92 Å². The standard InChI is InChI=1S/C25H20N2O/c1-18-6-12-21(13-7-18)26-27-22-14-8-19(9-15-22)10-16-24-23-5-3-2-4-20(23)11-17-25(24)28/h2-17,28H,1H3. The average Bonchev–Trinajstić information content (AvgIpc) is 2.73. The number of fused-ring (bicyclic) bond motifs is 1. The molecule has 3 heteroatoms. The van der Waals surface area contributed by atoms with Gasteiger partial charge in [0.1, 0.15) is 5.75 Å². The zero-order valence-electron chi connectivity index (χ0n) is 15.6. The van der Waals surface area contributed by atoms with E-state index >= 15 is 0 Å². The minimum Gasteiger partial charge on any atom is -0.507 e. The Hall–Kier alpha value is -3.72. The summed E-state index contributed by atoms with van der Waals surface area (Å²) in [6.45, 7) is 2.05. The molecule has 28 heavy (non-hydrogen) atoms. The molecule has 0 amide bonds. The molecule has 4 aromatic carbocycles. The van der Waals surface area contributed by atoms with Crippen LogP contribution in [0.2, 0.25) is 0 Å². The van der Waals surface area contributed by atoms with Gasteiger partial charge in [-0.3, -0.25) is 0 Å². The summed E-state index contributed by atoms with van der Waals surface area (Å²) >= 11 is 0. The number of benzene rings is 4. The van der Waals surface area contributed by atoms with Crippen molar-refractivity contribution in [2.75, 3.05) is 0 Å². The molecule has 0 aromatic heterocycles. The second-order valence-electron chi connectivity index (χ2n) is 6.68. The van der Waals surface area contributed by atoms with E-state index in [4.69, 9.17) is 0 Å². The van der Waals surface area contributed by atoms with Gasteiger partial charge in [0.15, 0.2) is 0 Å². The monoisotopic (exact) mass is 364 g/mol. The lowest BCUT2D eigenvalue weighted by atomic mass is 10.0. The summed E-state index contributed by atoms with van der Waals surface area (Å²) < 4.78 is 0. The van der Waals surface area contributed by atoms with E-state index in [1.807, 2.05) is 97.9 Å². The Morgan fingerprint density at radius 2 is 1.32 bits per heavy atom. The van der Waals surface area contributed by atoms with E-state index in [0.717, 1.165) is 33.3 Å². The van der Waals surface area contributed by atoms with Gasteiger partial charge in [0, 0.05) is 5.56 Å². The van der Waals surface area contributed by atoms with Crippen molar-refractivity contribution in [1.29, 1.82) is 0 Å². The summed E-state index contributed by atoms with van der Waals surface area (Å²) in [5.41, 5.74) is 4.68. The fourth-order valence-corrected chi connectivity index (χ4v) is 3.02. The van der Waals surface area contributed by atoms with Crippen LogP contribution in [0.3, 0.4) is 0 Å². The van der Waals surface area contributed by atoms with Crippen molar-refractivity contribution in [3.8, 4) is 5.75 Å². The summed E-state index contributed by atoms with van der Waals surface area (Å²) in [6.07, 6.45) is 3.93. The molecule has 0 saturated carbocycles. The molecule has 0 atom stereocenters. The fourth-order valence-electron chi connectivity index (χ4n) is 3.02. The highest BCUT2D eigenvalue weighted by Gasteiger charge is 2.03. The second kappa shape index (κ2) is 7.89. The van der Waals surface area contributed by atoms with Crippen molar-refractivity contribution in [3.63, 3.8) is 0 Å². The van der Waals surface area contributed by atoms with E-state index in [-0.39, 0.29) is 5.75 Å². The van der Waals surface area contributed by atoms with E-state index in [9.17, 15) is 5.11 Å². The van der Waals surface area contributed by atoms with Crippen molar-refractivity contribution in [3.05, 3.63) is 102 Å². The molecule has 0 saturated heterocycles. The zero-order chi connectivity index (χ0) is 19.3. The summed E-state index contributed by atoms with van der Waals surface area (Å²) in [6, 6.07) is 27.5. The Bertz CT molecular complexity index is 1160. The van der Waals surface area contributed by atoms with Crippen LogP contribution >= 0.6 is 0 Å². The van der Waals surface area contributed by atoms with Gasteiger partial charge in [-0.15, -0.1) is 0 Å². The molecule has 0 aliphatic rings. The molecule has 1 N–H and O–H groups in total. The Balaban J connectivity index is 1.54. The SMILES string of the molecule is Cc1ccc(N=Nc2ccc(C=Cc3c(O)ccc4ccccc34)cc2)cc1. The third-order valence-electron chi connectivity index (χ3n) is 4.60. The Morgan fingerprint density at radius 3 is 2.04 bits per heavy atom. The van der Waals surface area contributed by atoms with Gasteiger partial charge in [0.2, 0.25) is 0 Å². The van der Waals surface area contributed by atoms with Gasteiger partial charge in [-0.05, 0) is 53.6 Å². The first kappa shape index (κ1) is 17.7. The van der Waals surface area contributed by atoms with Gasteiger partial charge in [-0.25, -0.2) is 0 Å². The van der Waals surface area contributed by atoms with Gasteiger partial charge >= 0.3 is 0 Å². The first-order valence-corrected chi connectivity index (χ1v) is 9.16. The van der Waals surface area contributed by atoms with Crippen LogP contribution in [0.15, 0.2) is 95.2 Å². The van der Waals surface area contributed by atoms with Crippen LogP contribution in [0.5, 0.6) is 5.75 Å². The highest BCUT2D eigenvalue weighted by Crippen LogP contribution is 2.29. The van der Waals surface area contributed by atoms with Crippen LogP contribution in [-0.4, -0.2) is 5.11 Å². The van der Waals surface area contributed by atoms with E-state index in [1.165, 1.54) is 5.56 Å². The largest absolute Gasteiger partial charge is 0.507 e. The molecule has 0 aliphatic heterocycles. The third-order valence-corrected chi connectivity index (χ3v) is 4.60. The smallest absolute Gasteiger partial charge is 0.123 e. The molecular formula is C25H20N2O. The number of rotatable bonds is 4. The number of aryl methyl sites for hydroxylation is 1. The minimum atomic E-state index is 0.276. The Morgan fingerprint density at radius 1 is 0.679 bits per heavy atom. The summed E-state index contributed by atoms with van der Waals surface area (Å²) in [7, 11) is 0. The van der Waals surface area contributed by atoms with Gasteiger partial charge in [-0.2, -0.15) is 10.2 Å². The quantitative estimate of drug-likeness (QED) is 0.297. The first-order valence-electron chi connectivity index (χ1n) is 9.16. The van der Waals surface area contributed by atoms with Crippen LogP contribution in [-0.2, 0) is 0 Å². The molecule has 0 unspecified atom stereocenters. The summed E-state index contributed by atoms with van der Waals surface area (Å²) in [5.74, 6) is 0.276. The van der Waals surface area contributed by atoms with Crippen molar-refractivity contribution in [2.45, 2.75) is 6.92 Å². The number of hydrogen-bond donors (Lipinski definition) is 1. The number of nitrogens with zero attached hydrogens (tertiary/aromatic N) is 2. The average molecular weight is 364 g/mol. The van der Waals surface area contributed by atoms with E-state index < -0.39 is 0 Å². The van der Waals surface area contributed by atoms with Crippen LogP contribution in [0.25, 0.3) is 22.9 Å². The van der Waals surface area contributed by atoms with Crippen molar-refractivity contribution in [2.24, 2.45) is 10.2 Å². The minimum absolute atomic E-state index is 0.276. The lowest BCUT2D eigenvalue weighted by Crippen LogP contribution is -1.80. The molecule has 0 bridgehead atoms. The first-order chi connectivity index (χ1) is 13.7. The number of phenolic OH excluding ortho intramolecular Hbond substituents is 1. The molecule has 0 heterocycles. The highest BCUT2D eigenvalue weighted by molar-refractivity contribution is 5.95. The maximum Gasteiger partial charge on any atom is 0.123 e. The third kappa shape index (κ3) is 3.99. The molecular weight excluding hydrogens is 344 g/mol. The second-order valence-corrected chi connectivity index (χ2v) is 6.68. The number of phenols is 1. The highest BCUT2D eigenvalue weighted by atomic mass is 16.3. The maximum absolute atomic E-state index is 10.2. The molecule has 136 valence electrons. The normalized spacial score (nSPS) is 11.6. The molecule has 4 aromatic rings. The fraction of sp³-hybridized carbons (Fsp3) is 0.0400. The van der Waals surface area contributed by atoms with Crippen LogP contribution in [0.1, 0.15) is 16.7 Å². The summed E-state index contributed by atoms with van der Waals surface area (Å²) in [4.78, 5) is 0. The van der Waals surface area contributed by atoms with Crippen molar-refractivity contribution in [1.82, 2.24) is 0 Å². The Labute approximate surface area is 164 Å².